The first kappa shape index (κ1) is 8.55. The fourth-order valence-electron chi connectivity index (χ4n) is 1.54. The molecule has 0 N–H and O–H groups in total. The standard InChI is InChI=1S/C10H8N4S/c1-2-10-9(3-4-15-10)5-8(1)6-14-12-7-11-13-14/h1-5,7H,6H2. The second-order valence-electron chi connectivity index (χ2n) is 3.26. The van der Waals surface area contributed by atoms with Crippen LogP contribution in [0.1, 0.15) is 5.56 Å². The maximum absolute atomic E-state index is 3.98. The molecule has 0 radical (unpaired) electrons. The Kier molecular flexibility index (Phi) is 1.96. The summed E-state index contributed by atoms with van der Waals surface area (Å²) < 4.78 is 1.31. The highest BCUT2D eigenvalue weighted by Crippen LogP contribution is 2.21. The molecule has 74 valence electrons. The molecule has 0 atom stereocenters. The molecule has 0 spiro atoms. The number of thiophene rings is 1. The molecular weight excluding hydrogens is 208 g/mol. The minimum atomic E-state index is 0.672. The lowest BCUT2D eigenvalue weighted by atomic mass is 10.2. The van der Waals surface area contributed by atoms with E-state index >= 15 is 0 Å². The van der Waals surface area contributed by atoms with Crippen molar-refractivity contribution < 1.29 is 0 Å². The van der Waals surface area contributed by atoms with E-state index in [2.05, 4.69) is 45.1 Å². The van der Waals surface area contributed by atoms with Crippen LogP contribution in [0.15, 0.2) is 36.0 Å². The first-order valence-corrected chi connectivity index (χ1v) is 5.47. The molecule has 0 fully saturated rings. The Morgan fingerprint density at radius 3 is 3.13 bits per heavy atom. The van der Waals surface area contributed by atoms with Gasteiger partial charge < -0.3 is 0 Å². The van der Waals surface area contributed by atoms with Gasteiger partial charge in [-0.1, -0.05) is 6.07 Å². The molecule has 4 nitrogen and oxygen atoms in total. The van der Waals surface area contributed by atoms with E-state index in [4.69, 9.17) is 0 Å². The zero-order valence-corrected chi connectivity index (χ0v) is 8.68. The highest BCUT2D eigenvalue weighted by molar-refractivity contribution is 7.17. The maximum atomic E-state index is 3.98. The van der Waals surface area contributed by atoms with Crippen LogP contribution in [-0.2, 0) is 6.54 Å². The summed E-state index contributed by atoms with van der Waals surface area (Å²) in [5, 5.41) is 14.9. The number of benzene rings is 1. The molecule has 0 aliphatic carbocycles. The van der Waals surface area contributed by atoms with Crippen LogP contribution in [0.3, 0.4) is 0 Å². The van der Waals surface area contributed by atoms with Gasteiger partial charge in [0.2, 0.25) is 0 Å². The number of fused-ring (bicyclic) bond motifs is 1. The average Bonchev–Trinajstić information content (AvgIpc) is 2.87. The number of hydrogen-bond acceptors (Lipinski definition) is 4. The van der Waals surface area contributed by atoms with E-state index in [9.17, 15) is 0 Å². The van der Waals surface area contributed by atoms with Gasteiger partial charge in [-0.05, 0) is 39.7 Å². The third kappa shape index (κ3) is 1.61. The van der Waals surface area contributed by atoms with Crippen LogP contribution in [0.4, 0.5) is 0 Å². The Hall–Kier alpha value is -1.75. The van der Waals surface area contributed by atoms with Gasteiger partial charge in [0.15, 0.2) is 6.33 Å². The second-order valence-corrected chi connectivity index (χ2v) is 4.21. The Morgan fingerprint density at radius 1 is 1.27 bits per heavy atom. The van der Waals surface area contributed by atoms with Gasteiger partial charge in [-0.3, -0.25) is 0 Å². The third-order valence-corrected chi connectivity index (χ3v) is 3.13. The van der Waals surface area contributed by atoms with Crippen LogP contribution < -0.4 is 0 Å². The van der Waals surface area contributed by atoms with E-state index < -0.39 is 0 Å². The lowest BCUT2D eigenvalue weighted by molar-refractivity contribution is 0.573. The van der Waals surface area contributed by atoms with Gasteiger partial charge >= 0.3 is 0 Å². The van der Waals surface area contributed by atoms with Gasteiger partial charge in [0.1, 0.15) is 0 Å². The number of aromatic nitrogens is 4. The highest BCUT2D eigenvalue weighted by atomic mass is 32.1. The summed E-state index contributed by atoms with van der Waals surface area (Å²) >= 11 is 1.75. The summed E-state index contributed by atoms with van der Waals surface area (Å²) in [6.07, 6.45) is 1.45. The van der Waals surface area contributed by atoms with Crippen LogP contribution in [0.25, 0.3) is 10.1 Å². The summed E-state index contributed by atoms with van der Waals surface area (Å²) in [4.78, 5) is 1.58. The quantitative estimate of drug-likeness (QED) is 0.657. The van der Waals surface area contributed by atoms with E-state index in [1.54, 1.807) is 16.1 Å². The maximum Gasteiger partial charge on any atom is 0.162 e. The zero-order valence-electron chi connectivity index (χ0n) is 7.87. The first-order valence-electron chi connectivity index (χ1n) is 4.59. The molecule has 15 heavy (non-hydrogen) atoms. The molecule has 0 saturated heterocycles. The van der Waals surface area contributed by atoms with Crippen molar-refractivity contribution >= 4 is 21.4 Å². The van der Waals surface area contributed by atoms with Crippen molar-refractivity contribution in [1.29, 1.82) is 0 Å². The van der Waals surface area contributed by atoms with Crippen molar-refractivity contribution in [1.82, 2.24) is 20.2 Å². The van der Waals surface area contributed by atoms with E-state index in [0.29, 0.717) is 6.54 Å². The average molecular weight is 216 g/mol. The van der Waals surface area contributed by atoms with E-state index in [1.807, 2.05) is 0 Å². The van der Waals surface area contributed by atoms with E-state index in [0.717, 1.165) is 0 Å². The fourth-order valence-corrected chi connectivity index (χ4v) is 2.31. The number of tetrazole rings is 1. The zero-order chi connectivity index (χ0) is 10.1. The van der Waals surface area contributed by atoms with Gasteiger partial charge in [0, 0.05) is 4.70 Å². The van der Waals surface area contributed by atoms with Crippen molar-refractivity contribution in [2.24, 2.45) is 0 Å². The molecule has 0 aliphatic heterocycles. The third-order valence-electron chi connectivity index (χ3n) is 2.23. The van der Waals surface area contributed by atoms with Gasteiger partial charge in [0.05, 0.1) is 6.54 Å². The summed E-state index contributed by atoms with van der Waals surface area (Å²) in [5.74, 6) is 0. The largest absolute Gasteiger partial charge is 0.162 e. The minimum Gasteiger partial charge on any atom is -0.160 e. The molecule has 3 rings (SSSR count). The summed E-state index contributed by atoms with van der Waals surface area (Å²) in [6, 6.07) is 8.52. The van der Waals surface area contributed by atoms with Crippen LogP contribution in [0.5, 0.6) is 0 Å². The second kappa shape index (κ2) is 3.43. The van der Waals surface area contributed by atoms with Crippen molar-refractivity contribution in [3.05, 3.63) is 41.5 Å². The first-order chi connectivity index (χ1) is 7.42. The summed E-state index contributed by atoms with van der Waals surface area (Å²) in [7, 11) is 0. The molecule has 0 aliphatic rings. The number of nitrogens with zero attached hydrogens (tertiary/aromatic N) is 4. The van der Waals surface area contributed by atoms with E-state index in [-0.39, 0.29) is 0 Å². The molecule has 5 heteroatoms. The smallest absolute Gasteiger partial charge is 0.160 e. The van der Waals surface area contributed by atoms with Crippen LogP contribution >= 0.6 is 11.3 Å². The van der Waals surface area contributed by atoms with Crippen molar-refractivity contribution in [2.75, 3.05) is 0 Å². The monoisotopic (exact) mass is 216 g/mol. The molecule has 1 aromatic carbocycles. The fraction of sp³-hybridized carbons (Fsp3) is 0.100. The minimum absolute atomic E-state index is 0.672. The molecule has 2 heterocycles. The lowest BCUT2D eigenvalue weighted by Gasteiger charge is -1.99. The molecular formula is C10H8N4S. The summed E-state index contributed by atoms with van der Waals surface area (Å²) in [6.45, 7) is 0.672. The van der Waals surface area contributed by atoms with Crippen molar-refractivity contribution in [2.45, 2.75) is 6.54 Å². The molecule has 0 saturated carbocycles. The van der Waals surface area contributed by atoms with Crippen LogP contribution in [0.2, 0.25) is 0 Å². The normalized spacial score (nSPS) is 10.9. The molecule has 0 amide bonds. The number of hydrogen-bond donors (Lipinski definition) is 0. The Morgan fingerprint density at radius 2 is 2.27 bits per heavy atom. The number of rotatable bonds is 2. The summed E-state index contributed by atoms with van der Waals surface area (Å²) in [5.41, 5.74) is 1.19. The Labute approximate surface area is 90.2 Å². The SMILES string of the molecule is c1nnn(Cc2ccc3sccc3c2)n1. The van der Waals surface area contributed by atoms with Crippen molar-refractivity contribution in [3.63, 3.8) is 0 Å². The Balaban J connectivity index is 1.97. The molecule has 0 bridgehead atoms. The van der Waals surface area contributed by atoms with Crippen molar-refractivity contribution in [3.8, 4) is 0 Å². The lowest BCUT2D eigenvalue weighted by Crippen LogP contribution is -2.03. The predicted molar refractivity (Wildman–Crippen MR) is 58.7 cm³/mol. The van der Waals surface area contributed by atoms with E-state index in [1.165, 1.54) is 22.0 Å². The van der Waals surface area contributed by atoms with Crippen LogP contribution in [0, 0.1) is 0 Å². The Bertz CT molecular complexity index is 570. The van der Waals surface area contributed by atoms with Gasteiger partial charge in [-0.15, -0.1) is 21.5 Å². The van der Waals surface area contributed by atoms with Gasteiger partial charge in [-0.25, -0.2) is 0 Å². The predicted octanol–water partition coefficient (Wildman–Crippen LogP) is 1.94. The van der Waals surface area contributed by atoms with Gasteiger partial charge in [-0.2, -0.15) is 4.80 Å². The molecule has 3 aromatic rings. The topological polar surface area (TPSA) is 43.6 Å². The van der Waals surface area contributed by atoms with Gasteiger partial charge in [0.25, 0.3) is 0 Å². The highest BCUT2D eigenvalue weighted by Gasteiger charge is 1.99. The molecule has 0 unspecified atom stereocenters. The van der Waals surface area contributed by atoms with Crippen LogP contribution in [-0.4, -0.2) is 20.2 Å². The molecule has 2 aromatic heterocycles.